The molecule has 0 fully saturated rings. The number of nitrogens with two attached hydrogens (primary N) is 2. The lowest BCUT2D eigenvalue weighted by Crippen LogP contribution is -1.91. The lowest BCUT2D eigenvalue weighted by atomic mass is 10.0. The van der Waals surface area contributed by atoms with Gasteiger partial charge in [0.2, 0.25) is 0 Å². The fourth-order valence-corrected chi connectivity index (χ4v) is 2.34. The molecule has 0 aliphatic heterocycles. The summed E-state index contributed by atoms with van der Waals surface area (Å²) in [5.41, 5.74) is 18.7. The van der Waals surface area contributed by atoms with Gasteiger partial charge in [0, 0.05) is 28.8 Å². The molecule has 3 aromatic rings. The fraction of sp³-hybridized carbons (Fsp3) is 0.100. The summed E-state index contributed by atoms with van der Waals surface area (Å²) in [6.45, 7) is 4.03. The van der Waals surface area contributed by atoms with E-state index in [0.29, 0.717) is 0 Å². The number of rotatable bonds is 2. The molecule has 124 valence electrons. The largest absolute Gasteiger partial charge is 0.399 e. The first-order valence-corrected chi connectivity index (χ1v) is 8.03. The Labute approximate surface area is 148 Å². The molecule has 0 heterocycles. The van der Waals surface area contributed by atoms with Crippen LogP contribution < -0.4 is 16.3 Å². The van der Waals surface area contributed by atoms with Crippen molar-refractivity contribution in [3.8, 4) is 11.1 Å². The van der Waals surface area contributed by atoms with Gasteiger partial charge < -0.3 is 11.5 Å². The van der Waals surface area contributed by atoms with Crippen LogP contribution in [-0.2, 0) is 0 Å². The third kappa shape index (κ3) is 4.67. The van der Waals surface area contributed by atoms with Gasteiger partial charge in [-0.25, -0.2) is 0 Å². The number of para-hydroxylation sites is 1. The van der Waals surface area contributed by atoms with Crippen LogP contribution in [0.25, 0.3) is 11.1 Å². The molecular formula is C20H22ClN3. The van der Waals surface area contributed by atoms with E-state index in [1.54, 1.807) is 0 Å². The number of hydrogen-bond donors (Lipinski definition) is 3. The standard InChI is InChI=1S/C14H16N2.C6H6ClN/c1-9-7-11(3-5-13(9)15)12-4-6-14(16)10(2)8-12;7-8-6-4-2-1-3-5-6/h3-8H,15-16H2,1-2H3;1-5,8H. The molecule has 3 rings (SSSR count). The zero-order valence-corrected chi connectivity index (χ0v) is 14.6. The van der Waals surface area contributed by atoms with Gasteiger partial charge in [-0.2, -0.15) is 0 Å². The molecule has 24 heavy (non-hydrogen) atoms. The minimum Gasteiger partial charge on any atom is -0.399 e. The van der Waals surface area contributed by atoms with Gasteiger partial charge in [0.05, 0.1) is 0 Å². The Morgan fingerprint density at radius 3 is 1.50 bits per heavy atom. The maximum absolute atomic E-state index is 5.80. The monoisotopic (exact) mass is 339 g/mol. The van der Waals surface area contributed by atoms with Crippen LogP contribution in [0, 0.1) is 13.8 Å². The summed E-state index contributed by atoms with van der Waals surface area (Å²) in [5.74, 6) is 0. The van der Waals surface area contributed by atoms with Gasteiger partial charge >= 0.3 is 0 Å². The molecule has 0 aromatic heterocycles. The Kier molecular flexibility index (Phi) is 6.10. The number of hydrogen-bond acceptors (Lipinski definition) is 3. The molecule has 5 N–H and O–H groups in total. The number of nitrogen functional groups attached to an aromatic ring is 2. The van der Waals surface area contributed by atoms with Crippen molar-refractivity contribution in [3.05, 3.63) is 77.9 Å². The Balaban J connectivity index is 0.000000219. The van der Waals surface area contributed by atoms with Crippen molar-refractivity contribution in [3.63, 3.8) is 0 Å². The van der Waals surface area contributed by atoms with Crippen molar-refractivity contribution in [2.75, 3.05) is 16.3 Å². The van der Waals surface area contributed by atoms with Gasteiger partial charge in [-0.1, -0.05) is 30.3 Å². The number of halogens is 1. The van der Waals surface area contributed by atoms with Gasteiger partial charge in [0.15, 0.2) is 0 Å². The highest BCUT2D eigenvalue weighted by Crippen LogP contribution is 2.25. The maximum Gasteiger partial charge on any atom is 0.0491 e. The SMILES string of the molecule is Cc1cc(-c2ccc(N)c(C)c2)ccc1N.ClNc1ccccc1. The van der Waals surface area contributed by atoms with Crippen molar-refractivity contribution in [2.24, 2.45) is 0 Å². The predicted molar refractivity (Wildman–Crippen MR) is 106 cm³/mol. The lowest BCUT2D eigenvalue weighted by Gasteiger charge is -2.07. The van der Waals surface area contributed by atoms with Crippen LogP contribution in [0.15, 0.2) is 66.7 Å². The first kappa shape index (κ1) is 17.7. The van der Waals surface area contributed by atoms with Crippen molar-refractivity contribution < 1.29 is 0 Å². The summed E-state index contributed by atoms with van der Waals surface area (Å²) < 4.78 is 0. The average molecular weight is 340 g/mol. The van der Waals surface area contributed by atoms with Crippen LogP contribution in [0.3, 0.4) is 0 Å². The normalized spacial score (nSPS) is 9.79. The second-order valence-corrected chi connectivity index (χ2v) is 5.79. The van der Waals surface area contributed by atoms with Crippen molar-refractivity contribution >= 4 is 28.8 Å². The first-order valence-electron chi connectivity index (χ1n) is 7.65. The summed E-state index contributed by atoms with van der Waals surface area (Å²) in [6.07, 6.45) is 0. The van der Waals surface area contributed by atoms with E-state index in [0.717, 1.165) is 28.2 Å². The van der Waals surface area contributed by atoms with Crippen molar-refractivity contribution in [2.45, 2.75) is 13.8 Å². The molecule has 3 aromatic carbocycles. The van der Waals surface area contributed by atoms with Crippen LogP contribution >= 0.6 is 11.8 Å². The van der Waals surface area contributed by atoms with Gasteiger partial charge in [0.1, 0.15) is 0 Å². The van der Waals surface area contributed by atoms with Crippen molar-refractivity contribution in [1.29, 1.82) is 0 Å². The molecule has 0 saturated carbocycles. The number of anilines is 3. The second-order valence-electron chi connectivity index (χ2n) is 5.60. The first-order chi connectivity index (χ1) is 11.5. The highest BCUT2D eigenvalue weighted by Gasteiger charge is 2.01. The zero-order chi connectivity index (χ0) is 17.5. The number of aryl methyl sites for hydroxylation is 2. The smallest absolute Gasteiger partial charge is 0.0491 e. The summed E-state index contributed by atoms with van der Waals surface area (Å²) >= 11 is 5.28. The average Bonchev–Trinajstić information content (AvgIpc) is 2.61. The maximum atomic E-state index is 5.80. The highest BCUT2D eigenvalue weighted by atomic mass is 35.5. The van der Waals surface area contributed by atoms with Gasteiger partial charge in [-0.15, -0.1) is 0 Å². The van der Waals surface area contributed by atoms with E-state index in [-0.39, 0.29) is 0 Å². The number of nitrogens with one attached hydrogen (secondary N) is 1. The van der Waals surface area contributed by atoms with Crippen LogP contribution in [0.4, 0.5) is 17.1 Å². The van der Waals surface area contributed by atoms with E-state index in [4.69, 9.17) is 23.2 Å². The summed E-state index contributed by atoms with van der Waals surface area (Å²) in [7, 11) is 0. The van der Waals surface area contributed by atoms with Gasteiger partial charge in [0.25, 0.3) is 0 Å². The Morgan fingerprint density at radius 2 is 1.17 bits per heavy atom. The van der Waals surface area contributed by atoms with E-state index in [2.05, 4.69) is 17.0 Å². The van der Waals surface area contributed by atoms with Crippen LogP contribution in [0.2, 0.25) is 0 Å². The Hall–Kier alpha value is -2.65. The highest BCUT2D eigenvalue weighted by molar-refractivity contribution is 6.23. The van der Waals surface area contributed by atoms with E-state index < -0.39 is 0 Å². The molecule has 0 bridgehead atoms. The van der Waals surface area contributed by atoms with E-state index >= 15 is 0 Å². The van der Waals surface area contributed by atoms with Crippen molar-refractivity contribution in [1.82, 2.24) is 0 Å². The third-order valence-corrected chi connectivity index (χ3v) is 3.97. The van der Waals surface area contributed by atoms with E-state index in [1.165, 1.54) is 11.1 Å². The molecule has 0 amide bonds. The van der Waals surface area contributed by atoms with E-state index in [1.807, 2.05) is 68.4 Å². The van der Waals surface area contributed by atoms with Gasteiger partial charge in [-0.05, 0) is 72.5 Å². The van der Waals surface area contributed by atoms with Crippen LogP contribution in [0.5, 0.6) is 0 Å². The molecule has 3 nitrogen and oxygen atoms in total. The molecule has 0 atom stereocenters. The topological polar surface area (TPSA) is 64.1 Å². The lowest BCUT2D eigenvalue weighted by molar-refractivity contribution is 1.44. The summed E-state index contributed by atoms with van der Waals surface area (Å²) in [5, 5.41) is 0. The minimum absolute atomic E-state index is 0.830. The molecule has 0 aliphatic carbocycles. The number of benzene rings is 3. The Bertz CT molecular complexity index is 752. The molecule has 0 saturated heterocycles. The zero-order valence-electron chi connectivity index (χ0n) is 13.9. The molecule has 4 heteroatoms. The molecule has 0 radical (unpaired) electrons. The molecule has 0 aliphatic rings. The van der Waals surface area contributed by atoms with Gasteiger partial charge in [-0.3, -0.25) is 4.84 Å². The molecule has 0 spiro atoms. The van der Waals surface area contributed by atoms with E-state index in [9.17, 15) is 0 Å². The third-order valence-electron chi connectivity index (χ3n) is 3.76. The molecular weight excluding hydrogens is 318 g/mol. The predicted octanol–water partition coefficient (Wildman–Crippen LogP) is 5.39. The fourth-order valence-electron chi connectivity index (χ4n) is 2.21. The summed E-state index contributed by atoms with van der Waals surface area (Å²) in [4.78, 5) is 2.50. The second kappa shape index (κ2) is 8.27. The molecule has 0 unspecified atom stereocenters. The Morgan fingerprint density at radius 1 is 0.708 bits per heavy atom. The quantitative estimate of drug-likeness (QED) is 0.433. The summed E-state index contributed by atoms with van der Waals surface area (Å²) in [6, 6.07) is 21.7. The van der Waals surface area contributed by atoms with Crippen LogP contribution in [-0.4, -0.2) is 0 Å². The van der Waals surface area contributed by atoms with Crippen LogP contribution in [0.1, 0.15) is 11.1 Å². The minimum atomic E-state index is 0.830.